The van der Waals surface area contributed by atoms with E-state index in [0.29, 0.717) is 45.0 Å². The zero-order valence-corrected chi connectivity index (χ0v) is 72.8. The molecule has 20 aromatic carbocycles. The maximum Gasteiger partial charge on any atom is 0.104 e. The summed E-state index contributed by atoms with van der Waals surface area (Å²) in [6.45, 7) is 0. The monoisotopic (exact) mass is 1730 g/mol. The van der Waals surface area contributed by atoms with Gasteiger partial charge in [-0.15, -0.1) is 0 Å². The molecule has 136 heavy (non-hydrogen) atoms. The van der Waals surface area contributed by atoms with Crippen molar-refractivity contribution in [1.82, 2.24) is 36.5 Å². The highest BCUT2D eigenvalue weighted by molar-refractivity contribution is 6.19. The summed E-state index contributed by atoms with van der Waals surface area (Å²) in [6, 6.07) is 161. The SMILES string of the molecule is N#Cc1cccc(-c2ccc(-n3c4ccccc4c4cc(-n5c6ccccc6c6cc(-c7ccc(-c8ccc(-n9c%10ccccc%10c%10ccc(-n%11c%12ccccc%12c%12ccccc%12%11)cc%109)c(C#N)c8-n8c9ccccc9c9ccc(-n%10c%11ccccc%11c%11ccccc%11%10)cc98)cc7C#N)ccc65)ccc43)c(C#N)c2-n2c3ccccc3c3cc(-n4c5ccccc5c5ccccc54)ccc32)c1. The van der Waals surface area contributed by atoms with E-state index in [-0.39, 0.29) is 0 Å². The zero-order valence-electron chi connectivity index (χ0n) is 72.8. The van der Waals surface area contributed by atoms with Gasteiger partial charge in [0.25, 0.3) is 0 Å². The van der Waals surface area contributed by atoms with Crippen LogP contribution in [0.1, 0.15) is 22.3 Å². The smallest absolute Gasteiger partial charge is 0.104 e. The van der Waals surface area contributed by atoms with E-state index in [2.05, 4.69) is 455 Å². The first-order chi connectivity index (χ1) is 67.3. The molecule has 0 aliphatic heterocycles. The molecular formula is C124H70N12. The predicted octanol–water partition coefficient (Wildman–Crippen LogP) is 31.0. The van der Waals surface area contributed by atoms with Gasteiger partial charge in [-0.2, -0.15) is 21.0 Å². The molecule has 28 aromatic rings. The summed E-state index contributed by atoms with van der Waals surface area (Å²) in [5.41, 5.74) is 29.5. The van der Waals surface area contributed by atoms with Gasteiger partial charge in [0, 0.05) is 120 Å². The number of hydrogen-bond donors (Lipinski definition) is 0. The first-order valence-electron chi connectivity index (χ1n) is 45.7. The van der Waals surface area contributed by atoms with Crippen molar-refractivity contribution in [2.75, 3.05) is 0 Å². The van der Waals surface area contributed by atoms with E-state index in [1.165, 1.54) is 21.5 Å². The van der Waals surface area contributed by atoms with Gasteiger partial charge in [-0.3, -0.25) is 0 Å². The Bertz CT molecular complexity index is 10200. The molecule has 0 N–H and O–H groups in total. The highest BCUT2D eigenvalue weighted by Gasteiger charge is 2.31. The maximum atomic E-state index is 12.7. The Morgan fingerprint density at radius 2 is 0.419 bits per heavy atom. The maximum absolute atomic E-state index is 12.7. The number of para-hydroxylation sites is 11. The van der Waals surface area contributed by atoms with Crippen LogP contribution in [0.15, 0.2) is 425 Å². The van der Waals surface area contributed by atoms with Crippen LogP contribution < -0.4 is 0 Å². The third kappa shape index (κ3) is 10.7. The van der Waals surface area contributed by atoms with Gasteiger partial charge in [0.1, 0.15) is 23.3 Å². The largest absolute Gasteiger partial charge is 0.309 e. The van der Waals surface area contributed by atoms with Crippen molar-refractivity contribution in [1.29, 1.82) is 21.0 Å². The highest BCUT2D eigenvalue weighted by Crippen LogP contribution is 2.50. The van der Waals surface area contributed by atoms with Crippen molar-refractivity contribution in [3.63, 3.8) is 0 Å². The van der Waals surface area contributed by atoms with Crippen LogP contribution in [-0.4, -0.2) is 36.5 Å². The van der Waals surface area contributed by atoms with E-state index in [1.54, 1.807) is 0 Å². The lowest BCUT2D eigenvalue weighted by molar-refractivity contribution is 1.11. The van der Waals surface area contributed by atoms with Crippen LogP contribution in [0.25, 0.3) is 253 Å². The van der Waals surface area contributed by atoms with E-state index in [4.69, 9.17) is 0 Å². The number of nitriles is 4. The van der Waals surface area contributed by atoms with Crippen LogP contribution in [0.4, 0.5) is 0 Å². The Hall–Kier alpha value is -19.2. The Balaban J connectivity index is 0.605. The number of rotatable bonds is 11. The first-order valence-corrected chi connectivity index (χ1v) is 45.7. The molecule has 8 heterocycles. The van der Waals surface area contributed by atoms with Gasteiger partial charge in [-0.05, 0) is 192 Å². The number of nitrogens with zero attached hydrogens (tertiary/aromatic N) is 12. The third-order valence-electron chi connectivity index (χ3n) is 28.6. The van der Waals surface area contributed by atoms with E-state index in [1.807, 2.05) is 30.3 Å². The second kappa shape index (κ2) is 29.1. The summed E-state index contributed by atoms with van der Waals surface area (Å²) < 4.78 is 18.5. The average molecular weight is 1730 g/mol. The van der Waals surface area contributed by atoms with Gasteiger partial charge in [0.2, 0.25) is 0 Å². The number of hydrogen-bond acceptors (Lipinski definition) is 4. The van der Waals surface area contributed by atoms with Crippen molar-refractivity contribution in [2.24, 2.45) is 0 Å². The molecule has 0 amide bonds. The van der Waals surface area contributed by atoms with Crippen LogP contribution in [0.5, 0.6) is 0 Å². The minimum Gasteiger partial charge on any atom is -0.309 e. The van der Waals surface area contributed by atoms with Gasteiger partial charge >= 0.3 is 0 Å². The summed E-state index contributed by atoms with van der Waals surface area (Å²) in [5.74, 6) is 0. The average Bonchev–Trinajstić information content (AvgIpc) is 1.55. The van der Waals surface area contributed by atoms with Gasteiger partial charge in [-0.1, -0.05) is 255 Å². The van der Waals surface area contributed by atoms with Crippen molar-refractivity contribution in [2.45, 2.75) is 0 Å². The fourth-order valence-corrected chi connectivity index (χ4v) is 22.9. The molecule has 0 unspecified atom stereocenters. The lowest BCUT2D eigenvalue weighted by Crippen LogP contribution is -2.07. The standard InChI is InChI=1S/C124H70N12/c125-71-75-24-23-25-76(64-75)85-57-62-119(103(73-127)123(85)135-115-47-22-11-36-97(115)102-68-80(53-61-118(102)135)129-105-37-12-1-26-87(105)88-27-2-13-38-106(88)129)133-113-45-20-10-35-96(113)101-67-81(52-60-117(101)133)130-111-43-18-9-34-95(111)100-66-78(49-59-116(100)130)84-54-48-77(65-79(84)72-126)86-58-63-120(134-112-44-19-7-32-93(112)98-55-50-82(69-121(98)134)131-107-39-14-3-28-89(107)90-29-4-15-40-108(90)131)104(74-128)124(86)136-114-46-21-8-33-94(114)99-56-51-83(70-122(99)136)132-109-41-16-5-30-91(109)92-31-6-17-42-110(92)132/h1-70H. The van der Waals surface area contributed by atoms with Crippen molar-refractivity contribution < 1.29 is 0 Å². The van der Waals surface area contributed by atoms with Crippen LogP contribution in [0.3, 0.4) is 0 Å². The summed E-state index contributed by atoms with van der Waals surface area (Å²) in [4.78, 5) is 0. The van der Waals surface area contributed by atoms with E-state index in [0.717, 1.165) is 209 Å². The van der Waals surface area contributed by atoms with Gasteiger partial charge in [-0.25, -0.2) is 0 Å². The van der Waals surface area contributed by atoms with Gasteiger partial charge in [0.15, 0.2) is 0 Å². The zero-order chi connectivity index (χ0) is 89.8. The highest BCUT2D eigenvalue weighted by atomic mass is 15.1. The molecule has 28 rings (SSSR count). The Labute approximate surface area is 776 Å². The molecule has 0 atom stereocenters. The summed E-state index contributed by atoms with van der Waals surface area (Å²) in [7, 11) is 0. The molecule has 0 saturated carbocycles. The fraction of sp³-hybridized carbons (Fsp3) is 0. The summed E-state index contributed by atoms with van der Waals surface area (Å²) in [6.07, 6.45) is 0. The number of benzene rings is 20. The van der Waals surface area contributed by atoms with Crippen LogP contribution in [0, 0.1) is 45.3 Å². The van der Waals surface area contributed by atoms with Crippen molar-refractivity contribution in [3.05, 3.63) is 447 Å². The third-order valence-corrected chi connectivity index (χ3v) is 28.6. The fourth-order valence-electron chi connectivity index (χ4n) is 22.9. The van der Waals surface area contributed by atoms with Gasteiger partial charge in [0.05, 0.1) is 134 Å². The second-order valence-corrected chi connectivity index (χ2v) is 35.4. The molecule has 12 nitrogen and oxygen atoms in total. The molecule has 0 bridgehead atoms. The van der Waals surface area contributed by atoms with Crippen LogP contribution in [-0.2, 0) is 0 Å². The van der Waals surface area contributed by atoms with E-state index >= 15 is 0 Å². The van der Waals surface area contributed by atoms with Crippen LogP contribution >= 0.6 is 0 Å². The minimum atomic E-state index is 0.456. The number of fused-ring (bicyclic) bond motifs is 24. The quantitative estimate of drug-likeness (QED) is 0.127. The van der Waals surface area contributed by atoms with Crippen molar-refractivity contribution in [3.8, 4) is 103 Å². The molecule has 0 spiro atoms. The lowest BCUT2D eigenvalue weighted by atomic mass is 9.92. The molecule has 0 radical (unpaired) electrons. The molecule has 0 fully saturated rings. The molecule has 0 aliphatic rings. The molecule has 626 valence electrons. The molecule has 8 aromatic heterocycles. The predicted molar refractivity (Wildman–Crippen MR) is 556 cm³/mol. The van der Waals surface area contributed by atoms with Crippen LogP contribution in [0.2, 0.25) is 0 Å². The molecule has 0 aliphatic carbocycles. The van der Waals surface area contributed by atoms with E-state index < -0.39 is 0 Å². The molecule has 12 heteroatoms. The molecular weight excluding hydrogens is 1660 g/mol. The number of aromatic nitrogens is 8. The van der Waals surface area contributed by atoms with Crippen molar-refractivity contribution >= 4 is 174 Å². The second-order valence-electron chi connectivity index (χ2n) is 35.4. The Morgan fingerprint density at radius 1 is 0.154 bits per heavy atom. The van der Waals surface area contributed by atoms with E-state index in [9.17, 15) is 21.0 Å². The summed E-state index contributed by atoms with van der Waals surface area (Å²) in [5, 5.41) is 64.6. The summed E-state index contributed by atoms with van der Waals surface area (Å²) >= 11 is 0. The topological polar surface area (TPSA) is 135 Å². The Morgan fingerprint density at radius 3 is 0.801 bits per heavy atom. The van der Waals surface area contributed by atoms with Gasteiger partial charge < -0.3 is 36.5 Å². The first kappa shape index (κ1) is 75.7. The molecule has 0 saturated heterocycles. The Kier molecular flexibility index (Phi) is 16.2. The lowest BCUT2D eigenvalue weighted by Gasteiger charge is -2.21. The normalized spacial score (nSPS) is 11.9. The minimum absolute atomic E-state index is 0.456.